The summed E-state index contributed by atoms with van der Waals surface area (Å²) in [6.07, 6.45) is 3.58. The summed E-state index contributed by atoms with van der Waals surface area (Å²) in [5, 5.41) is 2.98. The Morgan fingerprint density at radius 2 is 2.04 bits per heavy atom. The molecule has 5 nitrogen and oxygen atoms in total. The molecule has 1 saturated heterocycles. The highest BCUT2D eigenvalue weighted by molar-refractivity contribution is 6.01. The number of nitrogens with zero attached hydrogens (tertiary/aromatic N) is 1. The zero-order chi connectivity index (χ0) is 17.7. The highest BCUT2D eigenvalue weighted by Gasteiger charge is 2.33. The summed E-state index contributed by atoms with van der Waals surface area (Å²) < 4.78 is 5.73. The van der Waals surface area contributed by atoms with Crippen LogP contribution in [0.1, 0.15) is 37.0 Å². The first-order valence-corrected chi connectivity index (χ1v) is 8.25. The van der Waals surface area contributed by atoms with Crippen molar-refractivity contribution in [3.05, 3.63) is 42.5 Å². The summed E-state index contributed by atoms with van der Waals surface area (Å²) in [5.74, 6) is -0.309. The average Bonchev–Trinajstić information content (AvgIpc) is 3.14. The molecule has 5 heteroatoms. The van der Waals surface area contributed by atoms with Gasteiger partial charge in [-0.3, -0.25) is 9.59 Å². The second-order valence-electron chi connectivity index (χ2n) is 6.82. The Morgan fingerprint density at radius 1 is 1.38 bits per heavy atom. The minimum Gasteiger partial charge on any atom is -0.378 e. The van der Waals surface area contributed by atoms with Crippen molar-refractivity contribution in [1.29, 1.82) is 0 Å². The van der Waals surface area contributed by atoms with Gasteiger partial charge >= 0.3 is 0 Å². The van der Waals surface area contributed by atoms with Crippen LogP contribution in [0.4, 0.5) is 5.69 Å². The molecule has 2 rings (SSSR count). The molecule has 1 aromatic rings. The number of anilines is 1. The SMILES string of the molecule is C=CC(=O)N(C)c1ccc(C(=O)NCC(C)(C)C2CCCO2)cc1. The zero-order valence-corrected chi connectivity index (χ0v) is 14.7. The topological polar surface area (TPSA) is 58.6 Å². The fourth-order valence-corrected chi connectivity index (χ4v) is 2.82. The summed E-state index contributed by atoms with van der Waals surface area (Å²) >= 11 is 0. The minimum absolute atomic E-state index is 0.0945. The van der Waals surface area contributed by atoms with Crippen molar-refractivity contribution in [2.24, 2.45) is 5.41 Å². The van der Waals surface area contributed by atoms with Crippen LogP contribution >= 0.6 is 0 Å². The van der Waals surface area contributed by atoms with E-state index in [1.54, 1.807) is 31.3 Å². The maximum absolute atomic E-state index is 12.3. The molecule has 2 amide bonds. The van der Waals surface area contributed by atoms with Gasteiger partial charge in [0.05, 0.1) is 6.10 Å². The molecular formula is C19H26N2O3. The van der Waals surface area contributed by atoms with E-state index in [4.69, 9.17) is 4.74 Å². The van der Waals surface area contributed by atoms with Crippen molar-refractivity contribution >= 4 is 17.5 Å². The van der Waals surface area contributed by atoms with E-state index < -0.39 is 0 Å². The summed E-state index contributed by atoms with van der Waals surface area (Å²) in [7, 11) is 1.67. The number of amides is 2. The Kier molecular flexibility index (Phi) is 5.78. The monoisotopic (exact) mass is 330 g/mol. The minimum atomic E-state index is -0.189. The van der Waals surface area contributed by atoms with Gasteiger partial charge in [-0.15, -0.1) is 0 Å². The van der Waals surface area contributed by atoms with Crippen molar-refractivity contribution in [2.75, 3.05) is 25.1 Å². The molecular weight excluding hydrogens is 304 g/mol. The molecule has 1 atom stereocenters. The van der Waals surface area contributed by atoms with E-state index >= 15 is 0 Å². The molecule has 0 saturated carbocycles. The van der Waals surface area contributed by atoms with Gasteiger partial charge < -0.3 is 15.0 Å². The fraction of sp³-hybridized carbons (Fsp3) is 0.474. The van der Waals surface area contributed by atoms with E-state index in [1.807, 2.05) is 0 Å². The first kappa shape index (κ1) is 18.2. The molecule has 0 radical (unpaired) electrons. The number of hydrogen-bond acceptors (Lipinski definition) is 3. The van der Waals surface area contributed by atoms with Crippen LogP contribution in [0.5, 0.6) is 0 Å². The molecule has 1 aliphatic heterocycles. The second-order valence-corrected chi connectivity index (χ2v) is 6.82. The maximum atomic E-state index is 12.3. The van der Waals surface area contributed by atoms with E-state index in [9.17, 15) is 9.59 Å². The maximum Gasteiger partial charge on any atom is 0.251 e. The molecule has 24 heavy (non-hydrogen) atoms. The molecule has 0 bridgehead atoms. The van der Waals surface area contributed by atoms with Gasteiger partial charge in [-0.2, -0.15) is 0 Å². The quantitative estimate of drug-likeness (QED) is 0.816. The largest absolute Gasteiger partial charge is 0.378 e. The Morgan fingerprint density at radius 3 is 2.58 bits per heavy atom. The van der Waals surface area contributed by atoms with E-state index in [0.717, 1.165) is 25.1 Å². The number of likely N-dealkylation sites (N-methyl/N-ethyl adjacent to an activating group) is 1. The van der Waals surface area contributed by atoms with Crippen LogP contribution in [0.15, 0.2) is 36.9 Å². The Hall–Kier alpha value is -2.14. The smallest absolute Gasteiger partial charge is 0.251 e. The molecule has 1 heterocycles. The summed E-state index contributed by atoms with van der Waals surface area (Å²) in [4.78, 5) is 25.4. The predicted molar refractivity (Wildman–Crippen MR) is 95.1 cm³/mol. The van der Waals surface area contributed by atoms with Crippen molar-refractivity contribution < 1.29 is 14.3 Å². The average molecular weight is 330 g/mol. The third-order valence-corrected chi connectivity index (χ3v) is 4.53. The van der Waals surface area contributed by atoms with Crippen LogP contribution in [0.2, 0.25) is 0 Å². The summed E-state index contributed by atoms with van der Waals surface area (Å²) in [5.41, 5.74) is 1.19. The number of carbonyl (C=O) groups excluding carboxylic acids is 2. The van der Waals surface area contributed by atoms with Gasteiger partial charge in [0.2, 0.25) is 5.91 Å². The number of ether oxygens (including phenoxy) is 1. The highest BCUT2D eigenvalue weighted by Crippen LogP contribution is 2.30. The summed E-state index contributed by atoms with van der Waals surface area (Å²) in [6, 6.07) is 6.94. The van der Waals surface area contributed by atoms with Gasteiger partial charge in [0.15, 0.2) is 0 Å². The predicted octanol–water partition coefficient (Wildman–Crippen LogP) is 2.77. The number of nitrogens with one attached hydrogen (secondary N) is 1. The molecule has 1 fully saturated rings. The van der Waals surface area contributed by atoms with Gasteiger partial charge in [0, 0.05) is 36.9 Å². The van der Waals surface area contributed by atoms with Crippen molar-refractivity contribution in [2.45, 2.75) is 32.8 Å². The number of benzene rings is 1. The molecule has 0 aromatic heterocycles. The van der Waals surface area contributed by atoms with E-state index in [1.165, 1.54) is 11.0 Å². The van der Waals surface area contributed by atoms with Crippen LogP contribution in [0, 0.1) is 5.41 Å². The van der Waals surface area contributed by atoms with Crippen molar-refractivity contribution in [3.63, 3.8) is 0 Å². The van der Waals surface area contributed by atoms with E-state index in [-0.39, 0.29) is 23.3 Å². The lowest BCUT2D eigenvalue weighted by molar-refractivity contribution is -0.113. The van der Waals surface area contributed by atoms with Crippen molar-refractivity contribution in [3.8, 4) is 0 Å². The molecule has 1 unspecified atom stereocenters. The Labute approximate surface area is 143 Å². The Bertz CT molecular complexity index is 602. The fourth-order valence-electron chi connectivity index (χ4n) is 2.82. The number of hydrogen-bond donors (Lipinski definition) is 1. The number of rotatable bonds is 6. The van der Waals surface area contributed by atoms with E-state index in [2.05, 4.69) is 25.7 Å². The number of carbonyl (C=O) groups is 2. The van der Waals surface area contributed by atoms with Crippen LogP contribution in [-0.4, -0.2) is 38.1 Å². The first-order chi connectivity index (χ1) is 11.3. The third-order valence-electron chi connectivity index (χ3n) is 4.53. The van der Waals surface area contributed by atoms with Crippen LogP contribution in [0.25, 0.3) is 0 Å². The summed E-state index contributed by atoms with van der Waals surface area (Å²) in [6.45, 7) is 9.06. The lowest BCUT2D eigenvalue weighted by atomic mass is 9.85. The second kappa shape index (κ2) is 7.62. The molecule has 0 aliphatic carbocycles. The zero-order valence-electron chi connectivity index (χ0n) is 14.7. The Balaban J connectivity index is 1.95. The van der Waals surface area contributed by atoms with Gasteiger partial charge in [-0.05, 0) is 43.2 Å². The van der Waals surface area contributed by atoms with E-state index in [0.29, 0.717) is 12.1 Å². The molecule has 1 aliphatic rings. The molecule has 0 spiro atoms. The standard InChI is InChI=1S/C19H26N2O3/c1-5-17(22)21(4)15-10-8-14(9-11-15)18(23)20-13-19(2,3)16-7-6-12-24-16/h5,8-11,16H,1,6-7,12-13H2,2-4H3,(H,20,23). The highest BCUT2D eigenvalue weighted by atomic mass is 16.5. The van der Waals surface area contributed by atoms with Crippen molar-refractivity contribution in [1.82, 2.24) is 5.32 Å². The van der Waals surface area contributed by atoms with Gasteiger partial charge in [0.1, 0.15) is 0 Å². The van der Waals surface area contributed by atoms with Gasteiger partial charge in [-0.25, -0.2) is 0 Å². The van der Waals surface area contributed by atoms with Crippen LogP contribution in [0.3, 0.4) is 0 Å². The normalized spacial score (nSPS) is 17.4. The molecule has 1 aromatic carbocycles. The molecule has 1 N–H and O–H groups in total. The molecule has 130 valence electrons. The van der Waals surface area contributed by atoms with Gasteiger partial charge in [-0.1, -0.05) is 20.4 Å². The van der Waals surface area contributed by atoms with Crippen LogP contribution < -0.4 is 10.2 Å². The lowest BCUT2D eigenvalue weighted by Crippen LogP contribution is -2.41. The third kappa shape index (κ3) is 4.23. The van der Waals surface area contributed by atoms with Gasteiger partial charge in [0.25, 0.3) is 5.91 Å². The lowest BCUT2D eigenvalue weighted by Gasteiger charge is -2.31. The van der Waals surface area contributed by atoms with Crippen LogP contribution in [-0.2, 0) is 9.53 Å². The first-order valence-electron chi connectivity index (χ1n) is 8.25.